The van der Waals surface area contributed by atoms with Crippen LogP contribution in [0.4, 0.5) is 5.69 Å². The molecule has 0 aromatic carbocycles. The summed E-state index contributed by atoms with van der Waals surface area (Å²) in [6, 6.07) is 1.90. The lowest BCUT2D eigenvalue weighted by Crippen LogP contribution is -1.96. The van der Waals surface area contributed by atoms with Crippen LogP contribution < -0.4 is 0 Å². The molecule has 5 nitrogen and oxygen atoms in total. The van der Waals surface area contributed by atoms with Crippen molar-refractivity contribution >= 4 is 11.3 Å². The summed E-state index contributed by atoms with van der Waals surface area (Å²) in [6.07, 6.45) is 1.42. The van der Waals surface area contributed by atoms with Crippen LogP contribution in [0.3, 0.4) is 0 Å². The molecule has 2 rings (SSSR count). The van der Waals surface area contributed by atoms with Gasteiger partial charge in [0, 0.05) is 11.4 Å². The summed E-state index contributed by atoms with van der Waals surface area (Å²) in [5.74, 6) is 0. The van der Waals surface area contributed by atoms with Crippen molar-refractivity contribution in [3.63, 3.8) is 0 Å². The van der Waals surface area contributed by atoms with Crippen molar-refractivity contribution in [2.45, 2.75) is 13.8 Å². The number of aryl methyl sites for hydroxylation is 2. The van der Waals surface area contributed by atoms with E-state index in [9.17, 15) is 4.91 Å². The van der Waals surface area contributed by atoms with E-state index in [-0.39, 0.29) is 5.69 Å². The van der Waals surface area contributed by atoms with Gasteiger partial charge in [-0.2, -0.15) is 5.10 Å². The number of hydrogen-bond acceptors (Lipinski definition) is 4. The summed E-state index contributed by atoms with van der Waals surface area (Å²) in [4.78, 5) is 14.5. The number of rotatable bonds is 1. The first-order valence-electron chi connectivity index (χ1n) is 3.87. The molecule has 2 aromatic rings. The molecule has 0 unspecified atom stereocenters. The summed E-state index contributed by atoms with van der Waals surface area (Å²) in [5.41, 5.74) is 2.60. The van der Waals surface area contributed by atoms with E-state index in [1.165, 1.54) is 6.20 Å². The zero-order valence-corrected chi connectivity index (χ0v) is 7.35. The summed E-state index contributed by atoms with van der Waals surface area (Å²) in [6.45, 7) is 3.78. The molecule has 2 heterocycles. The molecule has 0 N–H and O–H groups in total. The maximum Gasteiger partial charge on any atom is 0.185 e. The SMILES string of the molecule is Cc1cc(C)n2ncc(N=O)c2n1. The topological polar surface area (TPSA) is 59.6 Å². The van der Waals surface area contributed by atoms with Gasteiger partial charge in [-0.15, -0.1) is 4.91 Å². The van der Waals surface area contributed by atoms with E-state index in [1.807, 2.05) is 19.9 Å². The molecular formula is C8H8N4O. The maximum absolute atomic E-state index is 10.4. The van der Waals surface area contributed by atoms with E-state index in [2.05, 4.69) is 15.3 Å². The van der Waals surface area contributed by atoms with Crippen LogP contribution in [0.5, 0.6) is 0 Å². The van der Waals surface area contributed by atoms with Gasteiger partial charge in [-0.05, 0) is 25.1 Å². The molecule has 0 bridgehead atoms. The van der Waals surface area contributed by atoms with Crippen molar-refractivity contribution in [1.29, 1.82) is 0 Å². The Morgan fingerprint density at radius 2 is 2.23 bits per heavy atom. The van der Waals surface area contributed by atoms with Crippen molar-refractivity contribution < 1.29 is 0 Å². The van der Waals surface area contributed by atoms with E-state index >= 15 is 0 Å². The normalized spacial score (nSPS) is 10.6. The second kappa shape index (κ2) is 2.62. The second-order valence-corrected chi connectivity index (χ2v) is 2.90. The maximum atomic E-state index is 10.4. The Morgan fingerprint density at radius 1 is 1.46 bits per heavy atom. The number of nitrogens with zero attached hydrogens (tertiary/aromatic N) is 4. The molecule has 2 aromatic heterocycles. The zero-order chi connectivity index (χ0) is 9.42. The molecule has 0 saturated carbocycles. The van der Waals surface area contributed by atoms with Crippen LogP contribution in [-0.2, 0) is 0 Å². The monoisotopic (exact) mass is 176 g/mol. The quantitative estimate of drug-likeness (QED) is 0.622. The van der Waals surface area contributed by atoms with Gasteiger partial charge in [0.25, 0.3) is 0 Å². The molecule has 0 atom stereocenters. The van der Waals surface area contributed by atoms with Crippen LogP contribution in [0.15, 0.2) is 17.4 Å². The highest BCUT2D eigenvalue weighted by Gasteiger charge is 2.07. The Morgan fingerprint density at radius 3 is 2.92 bits per heavy atom. The van der Waals surface area contributed by atoms with Gasteiger partial charge in [0.1, 0.15) is 0 Å². The molecule has 0 saturated heterocycles. The van der Waals surface area contributed by atoms with Gasteiger partial charge in [0.15, 0.2) is 11.3 Å². The smallest absolute Gasteiger partial charge is 0.185 e. The first kappa shape index (κ1) is 7.85. The number of fused-ring (bicyclic) bond motifs is 1. The molecule has 13 heavy (non-hydrogen) atoms. The predicted octanol–water partition coefficient (Wildman–Crippen LogP) is 1.74. The first-order valence-corrected chi connectivity index (χ1v) is 3.87. The molecule has 0 radical (unpaired) electrons. The second-order valence-electron chi connectivity index (χ2n) is 2.90. The third-order valence-corrected chi connectivity index (χ3v) is 1.86. The minimum Gasteiger partial charge on any atom is -0.232 e. The van der Waals surface area contributed by atoms with Gasteiger partial charge in [0.05, 0.1) is 6.20 Å². The van der Waals surface area contributed by atoms with E-state index in [0.717, 1.165) is 11.4 Å². The van der Waals surface area contributed by atoms with E-state index < -0.39 is 0 Å². The van der Waals surface area contributed by atoms with Crippen LogP contribution in [0, 0.1) is 18.8 Å². The summed E-state index contributed by atoms with van der Waals surface area (Å²) < 4.78 is 1.60. The molecule has 0 aliphatic rings. The van der Waals surface area contributed by atoms with Gasteiger partial charge in [0.2, 0.25) is 0 Å². The van der Waals surface area contributed by atoms with E-state index in [0.29, 0.717) is 5.65 Å². The van der Waals surface area contributed by atoms with Gasteiger partial charge in [-0.3, -0.25) is 0 Å². The highest BCUT2D eigenvalue weighted by molar-refractivity contribution is 5.62. The molecule has 0 aliphatic heterocycles. The van der Waals surface area contributed by atoms with Gasteiger partial charge < -0.3 is 0 Å². The fourth-order valence-corrected chi connectivity index (χ4v) is 1.32. The zero-order valence-electron chi connectivity index (χ0n) is 7.35. The van der Waals surface area contributed by atoms with Crippen LogP contribution in [-0.4, -0.2) is 14.6 Å². The van der Waals surface area contributed by atoms with E-state index in [1.54, 1.807) is 4.52 Å². The molecule has 5 heteroatoms. The Kier molecular flexibility index (Phi) is 1.58. The largest absolute Gasteiger partial charge is 0.232 e. The summed E-state index contributed by atoms with van der Waals surface area (Å²) >= 11 is 0. The Bertz CT molecular complexity index is 474. The van der Waals surface area contributed by atoms with Gasteiger partial charge in [-0.25, -0.2) is 9.50 Å². The molecule has 66 valence electrons. The lowest BCUT2D eigenvalue weighted by atomic mass is 10.3. The fourth-order valence-electron chi connectivity index (χ4n) is 1.32. The van der Waals surface area contributed by atoms with Crippen molar-refractivity contribution in [3.8, 4) is 0 Å². The third-order valence-electron chi connectivity index (χ3n) is 1.86. The summed E-state index contributed by atoms with van der Waals surface area (Å²) in [5, 5.41) is 6.84. The van der Waals surface area contributed by atoms with Crippen molar-refractivity contribution in [2.75, 3.05) is 0 Å². The number of nitroso groups, excluding NO2 is 1. The fraction of sp³-hybridized carbons (Fsp3) is 0.250. The Balaban J connectivity index is 2.89. The number of hydrogen-bond donors (Lipinski definition) is 0. The molecule has 0 fully saturated rings. The van der Waals surface area contributed by atoms with Crippen molar-refractivity contribution in [1.82, 2.24) is 14.6 Å². The average molecular weight is 176 g/mol. The first-order chi connectivity index (χ1) is 6.22. The van der Waals surface area contributed by atoms with Gasteiger partial charge >= 0.3 is 0 Å². The third kappa shape index (κ3) is 1.09. The van der Waals surface area contributed by atoms with E-state index in [4.69, 9.17) is 0 Å². The van der Waals surface area contributed by atoms with Crippen molar-refractivity contribution in [2.24, 2.45) is 5.18 Å². The van der Waals surface area contributed by atoms with Crippen LogP contribution in [0.2, 0.25) is 0 Å². The Labute approximate surface area is 74.4 Å². The lowest BCUT2D eigenvalue weighted by Gasteiger charge is -1.99. The minimum absolute atomic E-state index is 0.284. The van der Waals surface area contributed by atoms with Gasteiger partial charge in [-0.1, -0.05) is 0 Å². The molecule has 0 aliphatic carbocycles. The van der Waals surface area contributed by atoms with Crippen LogP contribution in [0.25, 0.3) is 5.65 Å². The number of aromatic nitrogens is 3. The molecule has 0 spiro atoms. The predicted molar refractivity (Wildman–Crippen MR) is 47.9 cm³/mol. The highest BCUT2D eigenvalue weighted by Crippen LogP contribution is 2.18. The standard InChI is InChI=1S/C8H8N4O/c1-5-3-6(2)12-8(10-5)7(11-13)4-9-12/h3-4H,1-2H3. The van der Waals surface area contributed by atoms with Crippen molar-refractivity contribution in [3.05, 3.63) is 28.6 Å². The molecular weight excluding hydrogens is 168 g/mol. The van der Waals surface area contributed by atoms with Crippen LogP contribution in [0.1, 0.15) is 11.4 Å². The average Bonchev–Trinajstić information content (AvgIpc) is 2.47. The summed E-state index contributed by atoms with van der Waals surface area (Å²) in [7, 11) is 0. The lowest BCUT2D eigenvalue weighted by molar-refractivity contribution is 0.886. The Hall–Kier alpha value is -1.78. The van der Waals surface area contributed by atoms with Crippen LogP contribution >= 0.6 is 0 Å². The highest BCUT2D eigenvalue weighted by atomic mass is 16.3. The molecule has 0 amide bonds. The minimum atomic E-state index is 0.284.